The molecule has 0 aliphatic carbocycles. The van der Waals surface area contributed by atoms with Gasteiger partial charge >= 0.3 is 0 Å². The Balaban J connectivity index is 1.78. The van der Waals surface area contributed by atoms with Crippen LogP contribution < -0.4 is 5.32 Å². The second-order valence-corrected chi connectivity index (χ2v) is 5.93. The summed E-state index contributed by atoms with van der Waals surface area (Å²) in [6.45, 7) is 4.84. The molecule has 14 heavy (non-hydrogen) atoms. The van der Waals surface area contributed by atoms with Gasteiger partial charge in [-0.1, -0.05) is 6.92 Å². The van der Waals surface area contributed by atoms with Crippen molar-refractivity contribution >= 4 is 11.8 Å². The average Bonchev–Trinajstić information content (AvgIpc) is 2.77. The van der Waals surface area contributed by atoms with Crippen LogP contribution in [0.2, 0.25) is 0 Å². The van der Waals surface area contributed by atoms with Crippen molar-refractivity contribution in [2.45, 2.75) is 31.8 Å². The Bertz CT molecular complexity index is 180. The van der Waals surface area contributed by atoms with Crippen LogP contribution in [0.3, 0.4) is 0 Å². The van der Waals surface area contributed by atoms with Gasteiger partial charge in [0.2, 0.25) is 0 Å². The van der Waals surface area contributed by atoms with Crippen molar-refractivity contribution in [1.82, 2.24) is 10.2 Å². The van der Waals surface area contributed by atoms with E-state index in [4.69, 9.17) is 0 Å². The summed E-state index contributed by atoms with van der Waals surface area (Å²) in [7, 11) is 2.29. The zero-order valence-corrected chi connectivity index (χ0v) is 10.1. The van der Waals surface area contributed by atoms with Gasteiger partial charge in [-0.05, 0) is 38.1 Å². The molecule has 2 rings (SSSR count). The minimum Gasteiger partial charge on any atom is -0.312 e. The molecule has 3 unspecified atom stereocenters. The fourth-order valence-electron chi connectivity index (χ4n) is 2.47. The van der Waals surface area contributed by atoms with Crippen LogP contribution in [-0.2, 0) is 0 Å². The van der Waals surface area contributed by atoms with Crippen molar-refractivity contribution < 1.29 is 0 Å². The maximum Gasteiger partial charge on any atom is 0.0221 e. The molecule has 2 nitrogen and oxygen atoms in total. The lowest BCUT2D eigenvalue weighted by Crippen LogP contribution is -2.43. The summed E-state index contributed by atoms with van der Waals surface area (Å²) < 4.78 is 0. The van der Waals surface area contributed by atoms with E-state index in [9.17, 15) is 0 Å². The number of nitrogens with zero attached hydrogens (tertiary/aromatic N) is 1. The van der Waals surface area contributed by atoms with Crippen molar-refractivity contribution in [2.75, 3.05) is 31.6 Å². The normalized spacial score (nSPS) is 38.4. The topological polar surface area (TPSA) is 15.3 Å². The van der Waals surface area contributed by atoms with Crippen molar-refractivity contribution in [3.8, 4) is 0 Å². The van der Waals surface area contributed by atoms with Crippen LogP contribution in [0, 0.1) is 5.92 Å². The van der Waals surface area contributed by atoms with E-state index in [1.165, 1.54) is 37.4 Å². The Morgan fingerprint density at radius 2 is 2.29 bits per heavy atom. The quantitative estimate of drug-likeness (QED) is 0.765. The number of rotatable bonds is 3. The Morgan fingerprint density at radius 1 is 1.43 bits per heavy atom. The summed E-state index contributed by atoms with van der Waals surface area (Å²) in [4.78, 5) is 2.57. The summed E-state index contributed by atoms with van der Waals surface area (Å²) in [6, 6.07) is 1.58. The summed E-state index contributed by atoms with van der Waals surface area (Å²) in [5.74, 6) is 3.58. The first-order chi connectivity index (χ1) is 6.77. The van der Waals surface area contributed by atoms with Crippen molar-refractivity contribution in [3.63, 3.8) is 0 Å². The summed E-state index contributed by atoms with van der Waals surface area (Å²) in [6.07, 6.45) is 2.75. The fourth-order valence-corrected chi connectivity index (χ4v) is 3.77. The van der Waals surface area contributed by atoms with E-state index in [-0.39, 0.29) is 0 Å². The molecule has 0 radical (unpaired) electrons. The Labute approximate surface area is 91.8 Å². The predicted molar refractivity (Wildman–Crippen MR) is 63.9 cm³/mol. The molecule has 2 fully saturated rings. The fraction of sp³-hybridized carbons (Fsp3) is 1.00. The zero-order valence-electron chi connectivity index (χ0n) is 9.33. The maximum absolute atomic E-state index is 3.61. The second kappa shape index (κ2) is 4.86. The number of hydrogen-bond donors (Lipinski definition) is 1. The first-order valence-electron chi connectivity index (χ1n) is 5.78. The minimum atomic E-state index is 0.741. The maximum atomic E-state index is 3.61. The standard InChI is InChI=1S/C11H22N2S/c1-9-3-5-12-11(9)7-13(2)10-4-6-14-8-10/h9-12H,3-8H2,1-2H3. The highest BCUT2D eigenvalue weighted by molar-refractivity contribution is 7.99. The molecule has 82 valence electrons. The van der Waals surface area contributed by atoms with Crippen LogP contribution in [0.1, 0.15) is 19.8 Å². The monoisotopic (exact) mass is 214 g/mol. The van der Waals surface area contributed by atoms with E-state index in [0.29, 0.717) is 0 Å². The summed E-state index contributed by atoms with van der Waals surface area (Å²) in [5.41, 5.74) is 0. The van der Waals surface area contributed by atoms with E-state index >= 15 is 0 Å². The smallest absolute Gasteiger partial charge is 0.0221 e. The molecule has 0 spiro atoms. The van der Waals surface area contributed by atoms with Crippen LogP contribution in [0.25, 0.3) is 0 Å². The molecule has 2 saturated heterocycles. The molecule has 0 aromatic rings. The molecule has 2 aliphatic rings. The van der Waals surface area contributed by atoms with Crippen LogP contribution in [0.5, 0.6) is 0 Å². The van der Waals surface area contributed by atoms with E-state index in [1.807, 2.05) is 0 Å². The number of hydrogen-bond acceptors (Lipinski definition) is 3. The van der Waals surface area contributed by atoms with Gasteiger partial charge in [0.1, 0.15) is 0 Å². The van der Waals surface area contributed by atoms with Gasteiger partial charge < -0.3 is 10.2 Å². The van der Waals surface area contributed by atoms with Crippen LogP contribution in [0.15, 0.2) is 0 Å². The van der Waals surface area contributed by atoms with Crippen LogP contribution in [0.4, 0.5) is 0 Å². The number of nitrogens with one attached hydrogen (secondary N) is 1. The Kier molecular flexibility index (Phi) is 3.74. The molecule has 2 aliphatic heterocycles. The number of thioether (sulfide) groups is 1. The average molecular weight is 214 g/mol. The largest absolute Gasteiger partial charge is 0.312 e. The highest BCUT2D eigenvalue weighted by atomic mass is 32.2. The first kappa shape index (κ1) is 10.8. The summed E-state index contributed by atoms with van der Waals surface area (Å²) in [5, 5.41) is 3.61. The van der Waals surface area contributed by atoms with Gasteiger partial charge in [0.05, 0.1) is 0 Å². The van der Waals surface area contributed by atoms with E-state index < -0.39 is 0 Å². The third kappa shape index (κ3) is 2.44. The molecule has 0 bridgehead atoms. The van der Waals surface area contributed by atoms with Gasteiger partial charge in [-0.15, -0.1) is 0 Å². The lowest BCUT2D eigenvalue weighted by atomic mass is 10.0. The van der Waals surface area contributed by atoms with Gasteiger partial charge in [-0.25, -0.2) is 0 Å². The van der Waals surface area contributed by atoms with Gasteiger partial charge in [0, 0.05) is 24.4 Å². The Hall–Kier alpha value is 0.270. The second-order valence-electron chi connectivity index (χ2n) is 4.78. The van der Waals surface area contributed by atoms with Gasteiger partial charge in [0.15, 0.2) is 0 Å². The molecular weight excluding hydrogens is 192 g/mol. The third-order valence-electron chi connectivity index (χ3n) is 3.71. The SMILES string of the molecule is CC1CCNC1CN(C)C1CCSC1. The number of likely N-dealkylation sites (N-methyl/N-ethyl adjacent to an activating group) is 1. The molecule has 0 aromatic carbocycles. The molecule has 2 heterocycles. The lowest BCUT2D eigenvalue weighted by molar-refractivity contribution is 0.225. The molecule has 0 saturated carbocycles. The van der Waals surface area contributed by atoms with Gasteiger partial charge in [0.25, 0.3) is 0 Å². The zero-order chi connectivity index (χ0) is 9.97. The van der Waals surface area contributed by atoms with E-state index in [1.54, 1.807) is 0 Å². The molecule has 3 atom stereocenters. The Morgan fingerprint density at radius 3 is 2.86 bits per heavy atom. The lowest BCUT2D eigenvalue weighted by Gasteiger charge is -2.28. The third-order valence-corrected chi connectivity index (χ3v) is 4.85. The molecule has 0 amide bonds. The molecule has 1 N–H and O–H groups in total. The van der Waals surface area contributed by atoms with Crippen molar-refractivity contribution in [1.29, 1.82) is 0 Å². The van der Waals surface area contributed by atoms with Crippen LogP contribution in [-0.4, -0.2) is 48.6 Å². The van der Waals surface area contributed by atoms with E-state index in [2.05, 4.69) is 35.9 Å². The van der Waals surface area contributed by atoms with Crippen molar-refractivity contribution in [2.24, 2.45) is 5.92 Å². The minimum absolute atomic E-state index is 0.741. The molecule has 0 aromatic heterocycles. The molecular formula is C11H22N2S. The highest BCUT2D eigenvalue weighted by Crippen LogP contribution is 2.23. The van der Waals surface area contributed by atoms with Gasteiger partial charge in [-0.3, -0.25) is 0 Å². The first-order valence-corrected chi connectivity index (χ1v) is 6.94. The molecule has 3 heteroatoms. The van der Waals surface area contributed by atoms with Gasteiger partial charge in [-0.2, -0.15) is 11.8 Å². The highest BCUT2D eigenvalue weighted by Gasteiger charge is 2.27. The summed E-state index contributed by atoms with van der Waals surface area (Å²) >= 11 is 2.11. The van der Waals surface area contributed by atoms with Crippen LogP contribution >= 0.6 is 11.8 Å². The van der Waals surface area contributed by atoms with Crippen molar-refractivity contribution in [3.05, 3.63) is 0 Å². The predicted octanol–water partition coefficient (Wildman–Crippen LogP) is 1.42. The van der Waals surface area contributed by atoms with E-state index in [0.717, 1.165) is 18.0 Å².